The van der Waals surface area contributed by atoms with E-state index in [9.17, 15) is 4.79 Å². The van der Waals surface area contributed by atoms with Gasteiger partial charge in [0.25, 0.3) is 17.6 Å². The largest absolute Gasteiger partial charge is 0.437 e. The molecule has 0 fully saturated rings. The molecule has 33 heavy (non-hydrogen) atoms. The van der Waals surface area contributed by atoms with Gasteiger partial charge in [-0.05, 0) is 49.7 Å². The lowest BCUT2D eigenvalue weighted by atomic mass is 10.1. The quantitative estimate of drug-likeness (QED) is 0.302. The topological polar surface area (TPSA) is 145 Å². The van der Waals surface area contributed by atoms with Gasteiger partial charge in [-0.2, -0.15) is 9.97 Å². The number of H-pyrrole nitrogens is 1. The molecule has 0 atom stereocenters. The summed E-state index contributed by atoms with van der Waals surface area (Å²) >= 11 is 0. The van der Waals surface area contributed by atoms with Crippen LogP contribution in [0.15, 0.2) is 42.5 Å². The molecular weight excluding hydrogens is 422 g/mol. The van der Waals surface area contributed by atoms with Gasteiger partial charge in [0, 0.05) is 19.7 Å². The Labute approximate surface area is 189 Å². The van der Waals surface area contributed by atoms with Crippen LogP contribution in [0.1, 0.15) is 27.3 Å². The van der Waals surface area contributed by atoms with Crippen LogP contribution >= 0.6 is 0 Å². The van der Waals surface area contributed by atoms with E-state index in [0.717, 1.165) is 5.56 Å². The molecule has 0 bridgehead atoms. The number of nitrogens with one attached hydrogen (secondary N) is 1. The number of imidazole rings is 1. The highest BCUT2D eigenvalue weighted by atomic mass is 16.5. The number of amides is 1. The lowest BCUT2D eigenvalue weighted by Crippen LogP contribution is -2.46. The summed E-state index contributed by atoms with van der Waals surface area (Å²) in [7, 11) is 3.37. The summed E-state index contributed by atoms with van der Waals surface area (Å²) in [6.45, 7) is 3.70. The van der Waals surface area contributed by atoms with E-state index in [1.54, 1.807) is 51.4 Å². The predicted molar refractivity (Wildman–Crippen MR) is 122 cm³/mol. The number of hydrogen-bond acceptors (Lipinski definition) is 6. The van der Waals surface area contributed by atoms with E-state index in [1.165, 1.54) is 4.90 Å². The second-order valence-corrected chi connectivity index (χ2v) is 7.70. The van der Waals surface area contributed by atoms with Crippen LogP contribution in [-0.2, 0) is 0 Å². The van der Waals surface area contributed by atoms with Crippen molar-refractivity contribution in [3.63, 3.8) is 0 Å². The highest BCUT2D eigenvalue weighted by Crippen LogP contribution is 2.31. The zero-order valence-corrected chi connectivity index (χ0v) is 18.7. The first-order valence-electron chi connectivity index (χ1n) is 10.1. The van der Waals surface area contributed by atoms with Crippen molar-refractivity contribution in [1.29, 1.82) is 0 Å². The highest BCUT2D eigenvalue weighted by molar-refractivity contribution is 5.94. The number of ether oxygens (including phenoxy) is 2. The van der Waals surface area contributed by atoms with Gasteiger partial charge in [0.05, 0.1) is 5.56 Å². The lowest BCUT2D eigenvalue weighted by Gasteiger charge is -2.12. The Bertz CT molecular complexity index is 1380. The summed E-state index contributed by atoms with van der Waals surface area (Å²) in [5.74, 6) is 1.84. The first kappa shape index (κ1) is 21.8. The maximum absolute atomic E-state index is 12.3. The van der Waals surface area contributed by atoms with E-state index < -0.39 is 0 Å². The number of aromatic amines is 1. The molecule has 0 saturated heterocycles. The minimum atomic E-state index is -0.143. The number of carbonyl (C=O) groups excluding carboxylic acids is 1. The fraction of sp³-hybridized carbons (Fsp3) is 0.174. The molecule has 0 aliphatic heterocycles. The molecule has 10 nitrogen and oxygen atoms in total. The van der Waals surface area contributed by atoms with Gasteiger partial charge in [0.2, 0.25) is 0 Å². The van der Waals surface area contributed by atoms with Crippen LogP contribution in [0.5, 0.6) is 23.4 Å². The van der Waals surface area contributed by atoms with Gasteiger partial charge in [-0.15, -0.1) is 0 Å². The van der Waals surface area contributed by atoms with Crippen molar-refractivity contribution in [3.05, 3.63) is 65.0 Å². The summed E-state index contributed by atoms with van der Waals surface area (Å²) in [6, 6.07) is 12.2. The number of benzene rings is 2. The Balaban J connectivity index is 1.73. The molecule has 0 aliphatic rings. The number of hydrogen-bond donors (Lipinski definition) is 3. The second kappa shape index (κ2) is 8.58. The molecule has 5 N–H and O–H groups in total. The molecular formula is C23H24N7O3+. The van der Waals surface area contributed by atoms with Crippen molar-refractivity contribution in [2.75, 3.05) is 14.1 Å². The smallest absolute Gasteiger partial charge is 0.327 e. The monoisotopic (exact) mass is 446 g/mol. The normalized spacial score (nSPS) is 10.8. The van der Waals surface area contributed by atoms with Crippen LogP contribution in [0.4, 0.5) is 0 Å². The predicted octanol–water partition coefficient (Wildman–Crippen LogP) is 1.72. The van der Waals surface area contributed by atoms with Crippen LogP contribution < -0.4 is 20.6 Å². The second-order valence-electron chi connectivity index (χ2n) is 7.70. The van der Waals surface area contributed by atoms with Crippen molar-refractivity contribution in [2.45, 2.75) is 13.8 Å². The standard InChI is InChI=1S/C23H23N7O3/c1-12-8-9-14(19(24)25)11-17(12)33-21-18-20(27-13(2)26-18)28-23(29-21)32-16-7-5-6-15(10-16)22(31)30(3)4/h5-11H,1-4H3,(H3,24,25)(H,26,27,28,29)/p+1. The fourth-order valence-corrected chi connectivity index (χ4v) is 3.14. The van der Waals surface area contributed by atoms with Gasteiger partial charge in [0.1, 0.15) is 22.8 Å². The van der Waals surface area contributed by atoms with Crippen molar-refractivity contribution < 1.29 is 19.7 Å². The molecule has 0 saturated carbocycles. The van der Waals surface area contributed by atoms with Gasteiger partial charge in [-0.25, -0.2) is 4.98 Å². The van der Waals surface area contributed by atoms with Crippen LogP contribution in [0.3, 0.4) is 0 Å². The third-order valence-electron chi connectivity index (χ3n) is 4.84. The van der Waals surface area contributed by atoms with Gasteiger partial charge < -0.3 is 19.4 Å². The minimum absolute atomic E-state index is 0.0251. The van der Waals surface area contributed by atoms with Crippen molar-refractivity contribution >= 4 is 22.9 Å². The Morgan fingerprint density at radius 2 is 1.82 bits per heavy atom. The van der Waals surface area contributed by atoms with Crippen molar-refractivity contribution in [3.8, 4) is 23.4 Å². The van der Waals surface area contributed by atoms with E-state index in [2.05, 4.69) is 19.9 Å². The summed E-state index contributed by atoms with van der Waals surface area (Å²) in [5.41, 5.74) is 8.61. The first-order valence-corrected chi connectivity index (χ1v) is 10.1. The molecule has 10 heteroatoms. The maximum atomic E-state index is 12.3. The van der Waals surface area contributed by atoms with E-state index in [1.807, 2.05) is 19.1 Å². The molecule has 2 aromatic heterocycles. The fourth-order valence-electron chi connectivity index (χ4n) is 3.14. The summed E-state index contributed by atoms with van der Waals surface area (Å²) < 4.78 is 12.0. The van der Waals surface area contributed by atoms with Gasteiger partial charge >= 0.3 is 6.01 Å². The SMILES string of the molecule is Cc1nc2nc(Oc3cccc(C(=O)N(C)C)c3)nc(Oc3cc(C(N)=[NH2+])ccc3C)c2[nH]1. The number of rotatable bonds is 6. The van der Waals surface area contributed by atoms with E-state index in [-0.39, 0.29) is 23.6 Å². The first-order chi connectivity index (χ1) is 15.7. The number of carbonyl (C=O) groups is 1. The Kier molecular flexibility index (Phi) is 5.65. The third kappa shape index (κ3) is 4.59. The molecule has 2 aromatic carbocycles. The summed E-state index contributed by atoms with van der Waals surface area (Å²) in [5, 5.41) is 5.73. The Morgan fingerprint density at radius 3 is 2.55 bits per heavy atom. The van der Waals surface area contributed by atoms with Crippen LogP contribution in [0.2, 0.25) is 0 Å². The molecule has 1 amide bonds. The maximum Gasteiger partial charge on any atom is 0.327 e. The number of aryl methyl sites for hydroxylation is 2. The molecule has 0 spiro atoms. The average molecular weight is 446 g/mol. The van der Waals surface area contributed by atoms with Crippen LogP contribution in [0, 0.1) is 13.8 Å². The number of fused-ring (bicyclic) bond motifs is 1. The van der Waals surface area contributed by atoms with Gasteiger partial charge in [0.15, 0.2) is 5.65 Å². The lowest BCUT2D eigenvalue weighted by molar-refractivity contribution is -0.114. The highest BCUT2D eigenvalue weighted by Gasteiger charge is 2.17. The van der Waals surface area contributed by atoms with Crippen molar-refractivity contribution in [1.82, 2.24) is 24.8 Å². The average Bonchev–Trinajstić information content (AvgIpc) is 3.15. The molecule has 4 rings (SSSR count). The zero-order chi connectivity index (χ0) is 23.7. The minimum Gasteiger partial charge on any atom is -0.437 e. The summed E-state index contributed by atoms with van der Waals surface area (Å²) in [4.78, 5) is 30.1. The molecule has 0 aliphatic carbocycles. The van der Waals surface area contributed by atoms with Gasteiger partial charge in [-0.3, -0.25) is 15.9 Å². The molecule has 168 valence electrons. The van der Waals surface area contributed by atoms with Crippen LogP contribution in [-0.4, -0.2) is 50.7 Å². The van der Waals surface area contributed by atoms with E-state index in [0.29, 0.717) is 39.6 Å². The molecule has 0 unspecified atom stereocenters. The van der Waals surface area contributed by atoms with Crippen molar-refractivity contribution in [2.24, 2.45) is 5.73 Å². The zero-order valence-electron chi connectivity index (χ0n) is 18.7. The summed E-state index contributed by atoms with van der Waals surface area (Å²) in [6.07, 6.45) is 0. The molecule has 2 heterocycles. The number of amidine groups is 1. The number of nitrogens with two attached hydrogens (primary N) is 2. The number of aromatic nitrogens is 4. The van der Waals surface area contributed by atoms with Crippen LogP contribution in [0.25, 0.3) is 11.2 Å². The molecule has 4 aromatic rings. The molecule has 0 radical (unpaired) electrons. The van der Waals surface area contributed by atoms with E-state index >= 15 is 0 Å². The van der Waals surface area contributed by atoms with Gasteiger partial charge in [-0.1, -0.05) is 12.1 Å². The third-order valence-corrected chi connectivity index (χ3v) is 4.84. The van der Waals surface area contributed by atoms with E-state index in [4.69, 9.17) is 20.6 Å². The Hall–Kier alpha value is -4.47. The Morgan fingerprint density at radius 1 is 1.03 bits per heavy atom. The number of nitrogens with zero attached hydrogens (tertiary/aromatic N) is 4.